The molecule has 5 nitrogen and oxygen atoms in total. The van der Waals surface area contributed by atoms with Crippen LogP contribution in [0.4, 0.5) is 0 Å². The van der Waals surface area contributed by atoms with Crippen molar-refractivity contribution in [2.45, 2.75) is 38.8 Å². The highest BCUT2D eigenvalue weighted by atomic mass is 35.5. The smallest absolute Gasteiger partial charge is 0.191 e. The van der Waals surface area contributed by atoms with E-state index in [1.165, 1.54) is 16.7 Å². The summed E-state index contributed by atoms with van der Waals surface area (Å²) in [6.07, 6.45) is 6.98. The average Bonchev–Trinajstić information content (AvgIpc) is 2.71. The van der Waals surface area contributed by atoms with E-state index in [0.717, 1.165) is 56.4 Å². The van der Waals surface area contributed by atoms with Gasteiger partial charge in [-0.1, -0.05) is 23.7 Å². The number of aryl methyl sites for hydroxylation is 1. The normalized spacial score (nSPS) is 16.2. The zero-order valence-corrected chi connectivity index (χ0v) is 17.5. The van der Waals surface area contributed by atoms with Crippen LogP contribution in [0.3, 0.4) is 0 Å². The van der Waals surface area contributed by atoms with Crippen molar-refractivity contribution in [3.8, 4) is 0 Å². The van der Waals surface area contributed by atoms with Gasteiger partial charge in [-0.05, 0) is 61.1 Å². The van der Waals surface area contributed by atoms with Gasteiger partial charge < -0.3 is 10.6 Å². The zero-order chi connectivity index (χ0) is 19.8. The summed E-state index contributed by atoms with van der Waals surface area (Å²) in [5, 5.41) is 7.82. The number of nitrogens with zero attached hydrogens (tertiary/aromatic N) is 3. The molecule has 1 saturated heterocycles. The summed E-state index contributed by atoms with van der Waals surface area (Å²) in [5.74, 6) is 0.892. The van der Waals surface area contributed by atoms with Gasteiger partial charge in [0.1, 0.15) is 0 Å². The van der Waals surface area contributed by atoms with Crippen molar-refractivity contribution in [2.24, 2.45) is 4.99 Å². The molecule has 0 aliphatic carbocycles. The monoisotopic (exact) mass is 399 g/mol. The third-order valence-corrected chi connectivity index (χ3v) is 5.55. The number of rotatable bonds is 6. The van der Waals surface area contributed by atoms with E-state index in [4.69, 9.17) is 11.6 Å². The molecule has 0 spiro atoms. The minimum Gasteiger partial charge on any atom is -0.356 e. The number of piperidine rings is 1. The van der Waals surface area contributed by atoms with E-state index in [1.807, 2.05) is 31.6 Å². The van der Waals surface area contributed by atoms with Crippen molar-refractivity contribution in [2.75, 3.05) is 26.7 Å². The van der Waals surface area contributed by atoms with E-state index < -0.39 is 0 Å². The third-order valence-electron chi connectivity index (χ3n) is 5.29. The van der Waals surface area contributed by atoms with Crippen molar-refractivity contribution in [3.05, 3.63) is 64.4 Å². The molecular weight excluding hydrogens is 370 g/mol. The second-order valence-corrected chi connectivity index (χ2v) is 7.81. The third kappa shape index (κ3) is 6.21. The van der Waals surface area contributed by atoms with Crippen LogP contribution < -0.4 is 10.6 Å². The summed E-state index contributed by atoms with van der Waals surface area (Å²) in [7, 11) is 1.84. The number of halogens is 1. The molecule has 2 aromatic rings. The van der Waals surface area contributed by atoms with E-state index >= 15 is 0 Å². The Morgan fingerprint density at radius 2 is 1.96 bits per heavy atom. The highest BCUT2D eigenvalue weighted by molar-refractivity contribution is 6.30. The van der Waals surface area contributed by atoms with Gasteiger partial charge in [0.2, 0.25) is 0 Å². The van der Waals surface area contributed by atoms with Crippen LogP contribution in [-0.2, 0) is 13.0 Å². The van der Waals surface area contributed by atoms with Gasteiger partial charge in [-0.15, -0.1) is 0 Å². The van der Waals surface area contributed by atoms with E-state index in [0.29, 0.717) is 6.04 Å². The minimum atomic E-state index is 0.468. The molecule has 1 aliphatic rings. The fraction of sp³-hybridized carbons (Fsp3) is 0.455. The van der Waals surface area contributed by atoms with Crippen molar-refractivity contribution < 1.29 is 0 Å². The first-order valence-electron chi connectivity index (χ1n) is 9.97. The average molecular weight is 400 g/mol. The lowest BCUT2D eigenvalue weighted by Crippen LogP contribution is -2.48. The number of likely N-dealkylation sites (tertiary alicyclic amines) is 1. The molecule has 0 radical (unpaired) electrons. The maximum atomic E-state index is 5.97. The summed E-state index contributed by atoms with van der Waals surface area (Å²) in [4.78, 5) is 11.0. The lowest BCUT2D eigenvalue weighted by Gasteiger charge is -2.33. The number of hydrogen-bond acceptors (Lipinski definition) is 3. The first kappa shape index (κ1) is 20.6. The lowest BCUT2D eigenvalue weighted by atomic mass is 10.0. The van der Waals surface area contributed by atoms with Crippen LogP contribution in [0, 0.1) is 6.92 Å². The van der Waals surface area contributed by atoms with Gasteiger partial charge in [0, 0.05) is 56.7 Å². The Balaban J connectivity index is 1.39. The predicted octanol–water partition coefficient (Wildman–Crippen LogP) is 3.42. The Hall–Kier alpha value is -2.11. The molecule has 1 aromatic heterocycles. The van der Waals surface area contributed by atoms with E-state index in [2.05, 4.69) is 50.6 Å². The molecule has 2 N–H and O–H groups in total. The highest BCUT2D eigenvalue weighted by Gasteiger charge is 2.20. The van der Waals surface area contributed by atoms with E-state index in [-0.39, 0.29) is 0 Å². The molecule has 1 aliphatic heterocycles. The number of nitrogens with one attached hydrogen (secondary N) is 2. The summed E-state index contributed by atoms with van der Waals surface area (Å²) in [6, 6.07) is 10.7. The molecule has 2 heterocycles. The summed E-state index contributed by atoms with van der Waals surface area (Å²) in [5.41, 5.74) is 3.88. The lowest BCUT2D eigenvalue weighted by molar-refractivity contribution is 0.198. The number of aliphatic imine (C=N–C) groups is 1. The molecule has 150 valence electrons. The quantitative estimate of drug-likeness (QED) is 0.577. The van der Waals surface area contributed by atoms with Gasteiger partial charge in [0.25, 0.3) is 0 Å². The van der Waals surface area contributed by atoms with Crippen LogP contribution in [0.5, 0.6) is 0 Å². The summed E-state index contributed by atoms with van der Waals surface area (Å²) in [6.45, 7) is 6.14. The van der Waals surface area contributed by atoms with Gasteiger partial charge in [0.15, 0.2) is 5.96 Å². The van der Waals surface area contributed by atoms with Crippen molar-refractivity contribution >= 4 is 17.6 Å². The topological polar surface area (TPSA) is 52.6 Å². The highest BCUT2D eigenvalue weighted by Crippen LogP contribution is 2.16. The predicted molar refractivity (Wildman–Crippen MR) is 117 cm³/mol. The Labute approximate surface area is 173 Å². The molecule has 0 atom stereocenters. The van der Waals surface area contributed by atoms with E-state index in [9.17, 15) is 0 Å². The SMILES string of the molecule is CN=C(NCCc1ccncc1C)NC1CCN(Cc2ccc(Cl)cc2)CC1. The molecule has 3 rings (SSSR count). The number of pyridine rings is 1. The van der Waals surface area contributed by atoms with Crippen molar-refractivity contribution in [1.82, 2.24) is 20.5 Å². The standard InChI is InChI=1S/C22H30ClN5/c1-17-15-25-11-7-19(17)8-12-26-22(24-2)27-21-9-13-28(14-10-21)16-18-3-5-20(23)6-4-18/h3-7,11,15,21H,8-10,12-14,16H2,1-2H3,(H2,24,26,27). The Morgan fingerprint density at radius 3 is 2.64 bits per heavy atom. The van der Waals surface area contributed by atoms with Gasteiger partial charge in [-0.25, -0.2) is 0 Å². The second kappa shape index (κ2) is 10.4. The Bertz CT molecular complexity index is 767. The first-order chi connectivity index (χ1) is 13.6. The maximum Gasteiger partial charge on any atom is 0.191 e. The Kier molecular flexibility index (Phi) is 7.69. The first-order valence-corrected chi connectivity index (χ1v) is 10.4. The fourth-order valence-electron chi connectivity index (χ4n) is 3.57. The second-order valence-electron chi connectivity index (χ2n) is 7.37. The van der Waals surface area contributed by atoms with Gasteiger partial charge in [0.05, 0.1) is 0 Å². The molecule has 1 fully saturated rings. The number of guanidine groups is 1. The van der Waals surface area contributed by atoms with Crippen LogP contribution in [-0.4, -0.2) is 48.6 Å². The largest absolute Gasteiger partial charge is 0.356 e. The molecule has 6 heteroatoms. The summed E-state index contributed by atoms with van der Waals surface area (Å²) >= 11 is 5.97. The van der Waals surface area contributed by atoms with Crippen LogP contribution in [0.2, 0.25) is 5.02 Å². The maximum absolute atomic E-state index is 5.97. The molecule has 28 heavy (non-hydrogen) atoms. The molecular formula is C22H30ClN5. The van der Waals surface area contributed by atoms with Crippen LogP contribution in [0.1, 0.15) is 29.5 Å². The van der Waals surface area contributed by atoms with Gasteiger partial charge in [-0.2, -0.15) is 0 Å². The summed E-state index contributed by atoms with van der Waals surface area (Å²) < 4.78 is 0. The van der Waals surface area contributed by atoms with Gasteiger partial charge in [-0.3, -0.25) is 14.9 Å². The molecule has 0 bridgehead atoms. The molecule has 1 aromatic carbocycles. The molecule has 0 saturated carbocycles. The minimum absolute atomic E-state index is 0.468. The number of benzene rings is 1. The number of aromatic nitrogens is 1. The number of hydrogen-bond donors (Lipinski definition) is 2. The van der Waals surface area contributed by atoms with Gasteiger partial charge >= 0.3 is 0 Å². The van der Waals surface area contributed by atoms with Crippen molar-refractivity contribution in [1.29, 1.82) is 0 Å². The molecule has 0 amide bonds. The van der Waals surface area contributed by atoms with Crippen molar-refractivity contribution in [3.63, 3.8) is 0 Å². The molecule has 0 unspecified atom stereocenters. The fourth-order valence-corrected chi connectivity index (χ4v) is 3.70. The van der Waals surface area contributed by atoms with Crippen LogP contribution in [0.25, 0.3) is 0 Å². The zero-order valence-electron chi connectivity index (χ0n) is 16.8. The van der Waals surface area contributed by atoms with Crippen LogP contribution >= 0.6 is 11.6 Å². The van der Waals surface area contributed by atoms with E-state index in [1.54, 1.807) is 0 Å². The Morgan fingerprint density at radius 1 is 1.21 bits per heavy atom. The van der Waals surface area contributed by atoms with Crippen LogP contribution in [0.15, 0.2) is 47.7 Å².